The summed E-state index contributed by atoms with van der Waals surface area (Å²) in [5.74, 6) is 0.190. The lowest BCUT2D eigenvalue weighted by Crippen LogP contribution is -2.32. The van der Waals surface area contributed by atoms with Crippen LogP contribution in [-0.2, 0) is 6.42 Å². The minimum atomic E-state index is 0.190. The van der Waals surface area contributed by atoms with Crippen molar-refractivity contribution >= 4 is 5.91 Å². The number of carbonyl (C=O) groups is 1. The molecule has 1 aliphatic heterocycles. The van der Waals surface area contributed by atoms with Gasteiger partial charge in [-0.05, 0) is 43.9 Å². The Morgan fingerprint density at radius 1 is 1.24 bits per heavy atom. The van der Waals surface area contributed by atoms with Crippen LogP contribution in [0.25, 0.3) is 0 Å². The van der Waals surface area contributed by atoms with E-state index in [4.69, 9.17) is 5.73 Å². The minimum Gasteiger partial charge on any atom is -0.339 e. The van der Waals surface area contributed by atoms with Gasteiger partial charge in [-0.25, -0.2) is 0 Å². The molecule has 1 heterocycles. The summed E-state index contributed by atoms with van der Waals surface area (Å²) in [7, 11) is 0. The van der Waals surface area contributed by atoms with Crippen LogP contribution in [0.3, 0.4) is 0 Å². The molecule has 0 spiro atoms. The lowest BCUT2D eigenvalue weighted by Gasteiger charge is -2.20. The quantitative estimate of drug-likeness (QED) is 0.805. The van der Waals surface area contributed by atoms with Gasteiger partial charge in [0, 0.05) is 18.7 Å². The molecule has 0 atom stereocenters. The molecule has 0 aromatic heterocycles. The zero-order valence-corrected chi connectivity index (χ0v) is 10.2. The predicted molar refractivity (Wildman–Crippen MR) is 69.0 cm³/mol. The van der Waals surface area contributed by atoms with Crippen LogP contribution in [0.5, 0.6) is 0 Å². The number of rotatable bonds is 4. The van der Waals surface area contributed by atoms with Crippen LogP contribution in [0.1, 0.15) is 35.2 Å². The van der Waals surface area contributed by atoms with E-state index < -0.39 is 0 Å². The summed E-state index contributed by atoms with van der Waals surface area (Å²) in [6, 6.07) is 7.96. The molecule has 3 heteroatoms. The van der Waals surface area contributed by atoms with Gasteiger partial charge in [0.05, 0.1) is 0 Å². The van der Waals surface area contributed by atoms with Gasteiger partial charge in [-0.1, -0.05) is 18.2 Å². The number of fused-ring (bicyclic) bond motifs is 1. The Kier molecular flexibility index (Phi) is 4.15. The predicted octanol–water partition coefficient (Wildman–Crippen LogP) is 1.81. The first-order valence-electron chi connectivity index (χ1n) is 6.40. The Balaban J connectivity index is 2.09. The Hall–Kier alpha value is -1.35. The Morgan fingerprint density at radius 3 is 2.88 bits per heavy atom. The standard InChI is InChI=1S/C14H20N2O/c15-9-3-4-10-16-11-5-7-12-6-1-2-8-13(12)14(16)17/h1-2,6,8H,3-5,7,9-11,15H2. The summed E-state index contributed by atoms with van der Waals surface area (Å²) < 4.78 is 0. The number of aryl methyl sites for hydroxylation is 1. The molecule has 1 aromatic rings. The molecule has 1 aliphatic rings. The maximum atomic E-state index is 12.3. The van der Waals surface area contributed by atoms with E-state index in [9.17, 15) is 4.79 Å². The van der Waals surface area contributed by atoms with E-state index in [1.807, 2.05) is 23.1 Å². The molecule has 1 amide bonds. The monoisotopic (exact) mass is 232 g/mol. The molecule has 0 fully saturated rings. The van der Waals surface area contributed by atoms with Gasteiger partial charge in [-0.15, -0.1) is 0 Å². The van der Waals surface area contributed by atoms with Crippen molar-refractivity contribution in [2.45, 2.75) is 25.7 Å². The van der Waals surface area contributed by atoms with E-state index in [-0.39, 0.29) is 5.91 Å². The van der Waals surface area contributed by atoms with Crippen LogP contribution in [0.4, 0.5) is 0 Å². The second-order valence-electron chi connectivity index (χ2n) is 4.55. The first-order chi connectivity index (χ1) is 8.33. The van der Waals surface area contributed by atoms with Crippen LogP contribution in [0.15, 0.2) is 24.3 Å². The average Bonchev–Trinajstić information content (AvgIpc) is 2.51. The molecule has 92 valence electrons. The van der Waals surface area contributed by atoms with Crippen molar-refractivity contribution in [2.24, 2.45) is 5.73 Å². The number of hydrogen-bond acceptors (Lipinski definition) is 2. The van der Waals surface area contributed by atoms with Gasteiger partial charge >= 0.3 is 0 Å². The highest BCUT2D eigenvalue weighted by Gasteiger charge is 2.21. The molecule has 0 bridgehead atoms. The molecule has 0 radical (unpaired) electrons. The molecule has 1 aromatic carbocycles. The molecule has 0 aliphatic carbocycles. The van der Waals surface area contributed by atoms with E-state index in [1.165, 1.54) is 5.56 Å². The minimum absolute atomic E-state index is 0.190. The van der Waals surface area contributed by atoms with Crippen molar-refractivity contribution in [3.05, 3.63) is 35.4 Å². The number of amides is 1. The van der Waals surface area contributed by atoms with Gasteiger partial charge in [0.1, 0.15) is 0 Å². The molecule has 3 nitrogen and oxygen atoms in total. The average molecular weight is 232 g/mol. The summed E-state index contributed by atoms with van der Waals surface area (Å²) in [4.78, 5) is 14.3. The van der Waals surface area contributed by atoms with Crippen LogP contribution in [0.2, 0.25) is 0 Å². The second kappa shape index (κ2) is 5.82. The van der Waals surface area contributed by atoms with Crippen molar-refractivity contribution in [1.29, 1.82) is 0 Å². The van der Waals surface area contributed by atoms with E-state index in [1.54, 1.807) is 0 Å². The van der Waals surface area contributed by atoms with Crippen LogP contribution in [0, 0.1) is 0 Å². The third-order valence-electron chi connectivity index (χ3n) is 3.29. The van der Waals surface area contributed by atoms with Crippen LogP contribution in [-0.4, -0.2) is 30.4 Å². The van der Waals surface area contributed by atoms with E-state index >= 15 is 0 Å². The molecule has 0 saturated heterocycles. The first kappa shape index (κ1) is 12.1. The van der Waals surface area contributed by atoms with Crippen molar-refractivity contribution in [3.63, 3.8) is 0 Å². The van der Waals surface area contributed by atoms with Gasteiger partial charge in [0.15, 0.2) is 0 Å². The highest BCUT2D eigenvalue weighted by Crippen LogP contribution is 2.18. The maximum Gasteiger partial charge on any atom is 0.254 e. The molecular weight excluding hydrogens is 212 g/mol. The summed E-state index contributed by atoms with van der Waals surface area (Å²) in [5, 5.41) is 0. The van der Waals surface area contributed by atoms with Gasteiger partial charge in [0.2, 0.25) is 0 Å². The zero-order chi connectivity index (χ0) is 12.1. The topological polar surface area (TPSA) is 46.3 Å². The first-order valence-corrected chi connectivity index (χ1v) is 6.40. The van der Waals surface area contributed by atoms with Crippen molar-refractivity contribution in [3.8, 4) is 0 Å². The highest BCUT2D eigenvalue weighted by molar-refractivity contribution is 5.96. The van der Waals surface area contributed by atoms with E-state index in [0.717, 1.165) is 44.3 Å². The Bertz CT molecular complexity index is 390. The molecule has 0 unspecified atom stereocenters. The summed E-state index contributed by atoms with van der Waals surface area (Å²) in [5.41, 5.74) is 7.56. The van der Waals surface area contributed by atoms with Gasteiger partial charge in [-0.2, -0.15) is 0 Å². The summed E-state index contributed by atoms with van der Waals surface area (Å²) >= 11 is 0. The lowest BCUT2D eigenvalue weighted by atomic mass is 10.0. The highest BCUT2D eigenvalue weighted by atomic mass is 16.2. The number of hydrogen-bond donors (Lipinski definition) is 1. The second-order valence-corrected chi connectivity index (χ2v) is 4.55. The number of benzene rings is 1. The van der Waals surface area contributed by atoms with Gasteiger partial charge < -0.3 is 10.6 Å². The molecule has 2 N–H and O–H groups in total. The lowest BCUT2D eigenvalue weighted by molar-refractivity contribution is 0.0758. The Labute approximate surface area is 103 Å². The van der Waals surface area contributed by atoms with Gasteiger partial charge in [-0.3, -0.25) is 4.79 Å². The zero-order valence-electron chi connectivity index (χ0n) is 10.2. The number of unbranched alkanes of at least 4 members (excludes halogenated alkanes) is 1. The van der Waals surface area contributed by atoms with Crippen LogP contribution < -0.4 is 5.73 Å². The Morgan fingerprint density at radius 2 is 2.06 bits per heavy atom. The maximum absolute atomic E-state index is 12.3. The summed E-state index contributed by atoms with van der Waals surface area (Å²) in [6.45, 7) is 2.42. The molecular formula is C14H20N2O. The fourth-order valence-corrected chi connectivity index (χ4v) is 2.34. The summed E-state index contributed by atoms with van der Waals surface area (Å²) in [6.07, 6.45) is 4.07. The van der Waals surface area contributed by atoms with E-state index in [2.05, 4.69) is 6.07 Å². The normalized spacial score (nSPS) is 15.6. The third kappa shape index (κ3) is 2.86. The molecule has 2 rings (SSSR count). The van der Waals surface area contributed by atoms with Gasteiger partial charge in [0.25, 0.3) is 5.91 Å². The molecule has 0 saturated carbocycles. The fourth-order valence-electron chi connectivity index (χ4n) is 2.34. The van der Waals surface area contributed by atoms with Crippen molar-refractivity contribution in [2.75, 3.05) is 19.6 Å². The fraction of sp³-hybridized carbons (Fsp3) is 0.500. The van der Waals surface area contributed by atoms with E-state index in [0.29, 0.717) is 6.54 Å². The largest absolute Gasteiger partial charge is 0.339 e. The van der Waals surface area contributed by atoms with Crippen molar-refractivity contribution in [1.82, 2.24) is 4.90 Å². The molecule has 17 heavy (non-hydrogen) atoms. The van der Waals surface area contributed by atoms with Crippen LogP contribution >= 0.6 is 0 Å². The third-order valence-corrected chi connectivity index (χ3v) is 3.29. The number of nitrogens with zero attached hydrogens (tertiary/aromatic N) is 1. The number of nitrogens with two attached hydrogens (primary N) is 1. The smallest absolute Gasteiger partial charge is 0.254 e. The van der Waals surface area contributed by atoms with Crippen molar-refractivity contribution < 1.29 is 4.79 Å². The SMILES string of the molecule is NCCCCN1CCCc2ccccc2C1=O. The number of carbonyl (C=O) groups excluding carboxylic acids is 1.